The first kappa shape index (κ1) is 20.4. The predicted octanol–water partition coefficient (Wildman–Crippen LogP) is 4.12. The Hall–Kier alpha value is -2.90. The third kappa shape index (κ3) is 4.98. The number of fused-ring (bicyclic) bond motifs is 1. The SMILES string of the molecule is COc1ccc(OC(C)C(=O)Nc2nc3c(s2)CN(Cc2ccccc2)CC3)cc1. The van der Waals surface area contributed by atoms with Crippen molar-refractivity contribution >= 4 is 22.4 Å². The molecule has 7 heteroatoms. The third-order valence-electron chi connectivity index (χ3n) is 5.03. The molecule has 0 spiro atoms. The molecule has 3 aromatic rings. The van der Waals surface area contributed by atoms with Crippen molar-refractivity contribution in [3.8, 4) is 11.5 Å². The number of nitrogens with zero attached hydrogens (tertiary/aromatic N) is 2. The average molecular weight is 424 g/mol. The van der Waals surface area contributed by atoms with Crippen LogP contribution in [0, 0.1) is 0 Å². The zero-order valence-electron chi connectivity index (χ0n) is 17.1. The highest BCUT2D eigenvalue weighted by Gasteiger charge is 2.23. The van der Waals surface area contributed by atoms with Gasteiger partial charge in [0.1, 0.15) is 11.5 Å². The molecule has 1 N–H and O–H groups in total. The molecule has 6 nitrogen and oxygen atoms in total. The van der Waals surface area contributed by atoms with Crippen LogP contribution in [0.4, 0.5) is 5.13 Å². The van der Waals surface area contributed by atoms with E-state index >= 15 is 0 Å². The zero-order chi connectivity index (χ0) is 20.9. The van der Waals surface area contributed by atoms with Gasteiger partial charge in [0.25, 0.3) is 5.91 Å². The molecule has 0 aliphatic carbocycles. The van der Waals surface area contributed by atoms with Crippen LogP contribution >= 0.6 is 11.3 Å². The maximum Gasteiger partial charge on any atom is 0.266 e. The van der Waals surface area contributed by atoms with E-state index in [1.54, 1.807) is 49.6 Å². The summed E-state index contributed by atoms with van der Waals surface area (Å²) in [7, 11) is 1.61. The largest absolute Gasteiger partial charge is 0.497 e. The van der Waals surface area contributed by atoms with Crippen molar-refractivity contribution in [2.24, 2.45) is 0 Å². The Bertz CT molecular complexity index is 989. The van der Waals surface area contributed by atoms with Crippen molar-refractivity contribution in [3.05, 3.63) is 70.7 Å². The fourth-order valence-corrected chi connectivity index (χ4v) is 4.45. The summed E-state index contributed by atoms with van der Waals surface area (Å²) in [6, 6.07) is 17.6. The molecule has 0 fully saturated rings. The smallest absolute Gasteiger partial charge is 0.266 e. The molecule has 1 aromatic heterocycles. The summed E-state index contributed by atoms with van der Waals surface area (Å²) in [4.78, 5) is 20.8. The lowest BCUT2D eigenvalue weighted by atomic mass is 10.1. The van der Waals surface area contributed by atoms with Crippen molar-refractivity contribution in [1.82, 2.24) is 9.88 Å². The summed E-state index contributed by atoms with van der Waals surface area (Å²) < 4.78 is 10.9. The first-order valence-corrected chi connectivity index (χ1v) is 10.8. The Labute approximate surface area is 180 Å². The highest BCUT2D eigenvalue weighted by Crippen LogP contribution is 2.29. The quantitative estimate of drug-likeness (QED) is 0.619. The Morgan fingerprint density at radius 1 is 1.17 bits per heavy atom. The molecule has 0 bridgehead atoms. The van der Waals surface area contributed by atoms with Crippen molar-refractivity contribution in [3.63, 3.8) is 0 Å². The van der Waals surface area contributed by atoms with Gasteiger partial charge in [-0.05, 0) is 36.8 Å². The second-order valence-corrected chi connectivity index (χ2v) is 8.34. The summed E-state index contributed by atoms with van der Waals surface area (Å²) >= 11 is 1.55. The summed E-state index contributed by atoms with van der Waals surface area (Å²) in [5.74, 6) is 1.15. The van der Waals surface area contributed by atoms with Gasteiger partial charge in [-0.3, -0.25) is 15.0 Å². The van der Waals surface area contributed by atoms with E-state index < -0.39 is 6.10 Å². The van der Waals surface area contributed by atoms with Crippen LogP contribution in [0.5, 0.6) is 11.5 Å². The molecule has 2 aromatic carbocycles. The van der Waals surface area contributed by atoms with Crippen molar-refractivity contribution in [1.29, 1.82) is 0 Å². The molecule has 1 unspecified atom stereocenters. The molecule has 0 radical (unpaired) electrons. The van der Waals surface area contributed by atoms with Gasteiger partial charge in [-0.25, -0.2) is 4.98 Å². The number of carbonyl (C=O) groups excluding carboxylic acids is 1. The molecule has 156 valence electrons. The van der Waals surface area contributed by atoms with Crippen LogP contribution in [-0.2, 0) is 24.3 Å². The van der Waals surface area contributed by atoms with Crippen molar-refractivity contribution < 1.29 is 14.3 Å². The maximum atomic E-state index is 12.6. The molecule has 1 amide bonds. The number of rotatable bonds is 7. The number of benzene rings is 2. The standard InChI is InChI=1S/C23H25N3O3S/c1-16(29-19-10-8-18(28-2)9-11-19)22(27)25-23-24-20-12-13-26(15-21(20)30-23)14-17-6-4-3-5-7-17/h3-11,16H,12-15H2,1-2H3,(H,24,25,27). The third-order valence-corrected chi connectivity index (χ3v) is 6.03. The van der Waals surface area contributed by atoms with E-state index in [1.165, 1.54) is 10.4 Å². The number of hydrogen-bond donors (Lipinski definition) is 1. The first-order valence-electron chi connectivity index (χ1n) is 9.97. The molecule has 1 atom stereocenters. The second-order valence-electron chi connectivity index (χ2n) is 7.26. The van der Waals surface area contributed by atoms with Gasteiger partial charge in [0.05, 0.1) is 12.8 Å². The summed E-state index contributed by atoms with van der Waals surface area (Å²) in [6.45, 7) is 4.48. The lowest BCUT2D eigenvalue weighted by Crippen LogP contribution is -2.30. The van der Waals surface area contributed by atoms with Gasteiger partial charge < -0.3 is 9.47 Å². The van der Waals surface area contributed by atoms with Crippen LogP contribution < -0.4 is 14.8 Å². The van der Waals surface area contributed by atoms with Gasteiger partial charge in [-0.2, -0.15) is 0 Å². The Morgan fingerprint density at radius 2 is 1.90 bits per heavy atom. The number of hydrogen-bond acceptors (Lipinski definition) is 6. The summed E-state index contributed by atoms with van der Waals surface area (Å²) in [5.41, 5.74) is 2.40. The van der Waals surface area contributed by atoms with Gasteiger partial charge in [-0.1, -0.05) is 30.3 Å². The molecule has 4 rings (SSSR count). The molecule has 1 aliphatic heterocycles. The van der Waals surface area contributed by atoms with Crippen molar-refractivity contribution in [2.75, 3.05) is 19.0 Å². The van der Waals surface area contributed by atoms with E-state index in [9.17, 15) is 4.79 Å². The second kappa shape index (κ2) is 9.28. The molecule has 1 aliphatic rings. The van der Waals surface area contributed by atoms with Gasteiger partial charge in [0.2, 0.25) is 0 Å². The molecule has 30 heavy (non-hydrogen) atoms. The zero-order valence-corrected chi connectivity index (χ0v) is 17.9. The van der Waals surface area contributed by atoms with E-state index in [0.29, 0.717) is 10.9 Å². The number of carbonyl (C=O) groups is 1. The van der Waals surface area contributed by atoms with Gasteiger partial charge in [-0.15, -0.1) is 11.3 Å². The van der Waals surface area contributed by atoms with Crippen LogP contribution in [0.15, 0.2) is 54.6 Å². The average Bonchev–Trinajstić information content (AvgIpc) is 3.16. The number of anilines is 1. The number of nitrogens with one attached hydrogen (secondary N) is 1. The van der Waals surface area contributed by atoms with Crippen molar-refractivity contribution in [2.45, 2.75) is 32.5 Å². The molecule has 2 heterocycles. The number of ether oxygens (including phenoxy) is 2. The Morgan fingerprint density at radius 3 is 2.63 bits per heavy atom. The van der Waals surface area contributed by atoms with E-state index in [1.807, 2.05) is 6.07 Å². The molecule has 0 saturated carbocycles. The lowest BCUT2D eigenvalue weighted by Gasteiger charge is -2.25. The monoisotopic (exact) mass is 423 g/mol. The summed E-state index contributed by atoms with van der Waals surface area (Å²) in [5, 5.41) is 3.54. The van der Waals surface area contributed by atoms with Crippen LogP contribution in [0.25, 0.3) is 0 Å². The highest BCUT2D eigenvalue weighted by atomic mass is 32.1. The van der Waals surface area contributed by atoms with Gasteiger partial charge in [0, 0.05) is 30.9 Å². The fraction of sp³-hybridized carbons (Fsp3) is 0.304. The predicted molar refractivity (Wildman–Crippen MR) is 118 cm³/mol. The van der Waals surface area contributed by atoms with Gasteiger partial charge in [0.15, 0.2) is 11.2 Å². The Balaban J connectivity index is 1.33. The van der Waals surface area contributed by atoms with Crippen LogP contribution in [0.1, 0.15) is 23.1 Å². The minimum atomic E-state index is -0.631. The molecule has 0 saturated heterocycles. The minimum Gasteiger partial charge on any atom is -0.497 e. The highest BCUT2D eigenvalue weighted by molar-refractivity contribution is 7.15. The number of amides is 1. The van der Waals surface area contributed by atoms with E-state index in [-0.39, 0.29) is 5.91 Å². The minimum absolute atomic E-state index is 0.210. The van der Waals surface area contributed by atoms with Gasteiger partial charge >= 0.3 is 0 Å². The number of thiazole rings is 1. The fourth-order valence-electron chi connectivity index (χ4n) is 3.40. The van der Waals surface area contributed by atoms with E-state index in [4.69, 9.17) is 9.47 Å². The first-order chi connectivity index (χ1) is 14.6. The number of aromatic nitrogens is 1. The lowest BCUT2D eigenvalue weighted by molar-refractivity contribution is -0.122. The maximum absolute atomic E-state index is 12.6. The molecular formula is C23H25N3O3S. The normalized spacial score (nSPS) is 14.6. The topological polar surface area (TPSA) is 63.7 Å². The van der Waals surface area contributed by atoms with Crippen LogP contribution in [0.3, 0.4) is 0 Å². The van der Waals surface area contributed by atoms with Crippen LogP contribution in [-0.4, -0.2) is 35.5 Å². The summed E-state index contributed by atoms with van der Waals surface area (Å²) in [6.07, 6.45) is 0.265. The van der Waals surface area contributed by atoms with E-state index in [2.05, 4.69) is 39.5 Å². The van der Waals surface area contributed by atoms with E-state index in [0.717, 1.165) is 37.5 Å². The number of methoxy groups -OCH3 is 1. The molecular weight excluding hydrogens is 398 g/mol. The Kier molecular flexibility index (Phi) is 6.30. The van der Waals surface area contributed by atoms with Crippen LogP contribution in [0.2, 0.25) is 0 Å².